The molecule has 1 aliphatic carbocycles. The first-order valence-electron chi connectivity index (χ1n) is 9.89. The van der Waals surface area contributed by atoms with E-state index >= 15 is 0 Å². The Hall–Kier alpha value is -3.47. The fourth-order valence-electron chi connectivity index (χ4n) is 4.74. The number of hydrogen-bond donors (Lipinski definition) is 1. The number of nitriles is 3. The molecule has 7 nitrogen and oxygen atoms in total. The van der Waals surface area contributed by atoms with Gasteiger partial charge in [0.05, 0.1) is 37.6 Å². The summed E-state index contributed by atoms with van der Waals surface area (Å²) in [5.74, 6) is 0.119. The smallest absolute Gasteiger partial charge is 0.191 e. The fraction of sp³-hybridized carbons (Fsp3) is 0.435. The van der Waals surface area contributed by atoms with Gasteiger partial charge >= 0.3 is 0 Å². The van der Waals surface area contributed by atoms with Crippen LogP contribution in [0.4, 0.5) is 0 Å². The molecule has 2 aliphatic rings. The number of ether oxygens (including phenoxy) is 2. The standard InChI is InChI=1S/C23H25N5O2/c1-4-9-28-10-8-15-17(11-24)22(27)23(13-25,14-26)20(18(15)12-28)16-6-5-7-19(29-2)21(16)30-3/h5-8,18,20H,4,9-10,12,27H2,1-3H3/t18-,20+/m0/s1. The lowest BCUT2D eigenvalue weighted by Crippen LogP contribution is -2.48. The summed E-state index contributed by atoms with van der Waals surface area (Å²) in [5.41, 5.74) is 6.41. The van der Waals surface area contributed by atoms with E-state index < -0.39 is 11.3 Å². The van der Waals surface area contributed by atoms with E-state index in [9.17, 15) is 15.8 Å². The zero-order chi connectivity index (χ0) is 21.9. The van der Waals surface area contributed by atoms with Crippen molar-refractivity contribution in [3.8, 4) is 29.7 Å². The lowest BCUT2D eigenvalue weighted by atomic mass is 9.58. The van der Waals surface area contributed by atoms with Gasteiger partial charge in [0.1, 0.15) is 6.07 Å². The number of nitrogens with two attached hydrogens (primary N) is 1. The monoisotopic (exact) mass is 403 g/mol. The molecule has 1 heterocycles. The maximum atomic E-state index is 10.2. The third kappa shape index (κ3) is 3.07. The van der Waals surface area contributed by atoms with E-state index in [1.54, 1.807) is 13.2 Å². The van der Waals surface area contributed by atoms with Crippen molar-refractivity contribution < 1.29 is 9.47 Å². The lowest BCUT2D eigenvalue weighted by molar-refractivity contribution is 0.204. The van der Waals surface area contributed by atoms with E-state index in [0.717, 1.165) is 18.5 Å². The first-order chi connectivity index (χ1) is 14.5. The van der Waals surface area contributed by atoms with E-state index in [2.05, 4.69) is 30.0 Å². The molecule has 154 valence electrons. The van der Waals surface area contributed by atoms with Gasteiger partial charge in [-0.3, -0.25) is 4.90 Å². The summed E-state index contributed by atoms with van der Waals surface area (Å²) >= 11 is 0. The molecule has 7 heteroatoms. The number of para-hydroxylation sites is 1. The van der Waals surface area contributed by atoms with Crippen LogP contribution in [0.5, 0.6) is 11.5 Å². The quantitative estimate of drug-likeness (QED) is 0.803. The lowest BCUT2D eigenvalue weighted by Gasteiger charge is -2.45. The average Bonchev–Trinajstić information content (AvgIpc) is 2.78. The molecule has 0 bridgehead atoms. The zero-order valence-electron chi connectivity index (χ0n) is 17.5. The van der Waals surface area contributed by atoms with Crippen LogP contribution in [0.1, 0.15) is 24.8 Å². The maximum Gasteiger partial charge on any atom is 0.191 e. The molecule has 2 atom stereocenters. The highest BCUT2D eigenvalue weighted by molar-refractivity contribution is 5.62. The van der Waals surface area contributed by atoms with Gasteiger partial charge in [0.2, 0.25) is 0 Å². The zero-order valence-corrected chi connectivity index (χ0v) is 17.5. The van der Waals surface area contributed by atoms with Crippen molar-refractivity contribution in [1.29, 1.82) is 15.8 Å². The maximum absolute atomic E-state index is 10.2. The average molecular weight is 403 g/mol. The summed E-state index contributed by atoms with van der Waals surface area (Å²) in [4.78, 5) is 2.27. The van der Waals surface area contributed by atoms with Gasteiger partial charge in [-0.1, -0.05) is 25.1 Å². The van der Waals surface area contributed by atoms with Crippen LogP contribution in [0.25, 0.3) is 0 Å². The molecule has 0 saturated heterocycles. The predicted molar refractivity (Wildman–Crippen MR) is 111 cm³/mol. The summed E-state index contributed by atoms with van der Waals surface area (Å²) in [6.07, 6.45) is 2.99. The Labute approximate surface area is 177 Å². The number of allylic oxidation sites excluding steroid dienone is 2. The van der Waals surface area contributed by atoms with Crippen LogP contribution < -0.4 is 15.2 Å². The molecule has 1 aromatic rings. The van der Waals surface area contributed by atoms with E-state index in [1.807, 2.05) is 18.2 Å². The minimum Gasteiger partial charge on any atom is -0.493 e. The second kappa shape index (κ2) is 8.49. The molecule has 0 radical (unpaired) electrons. The summed E-state index contributed by atoms with van der Waals surface area (Å²) in [6.45, 7) is 4.31. The molecule has 0 fully saturated rings. The van der Waals surface area contributed by atoms with Crippen LogP contribution in [-0.2, 0) is 0 Å². The van der Waals surface area contributed by atoms with Crippen LogP contribution in [-0.4, -0.2) is 38.8 Å². The first-order valence-corrected chi connectivity index (χ1v) is 9.89. The van der Waals surface area contributed by atoms with Crippen molar-refractivity contribution in [3.63, 3.8) is 0 Å². The van der Waals surface area contributed by atoms with Gasteiger partial charge in [0.25, 0.3) is 0 Å². The first kappa shape index (κ1) is 21.2. The number of hydrogen-bond acceptors (Lipinski definition) is 7. The number of rotatable bonds is 5. The van der Waals surface area contributed by atoms with Crippen LogP contribution >= 0.6 is 0 Å². The molecule has 0 saturated carbocycles. The molecule has 30 heavy (non-hydrogen) atoms. The Kier molecular flexibility index (Phi) is 6.01. The van der Waals surface area contributed by atoms with Crippen molar-refractivity contribution in [3.05, 3.63) is 46.7 Å². The van der Waals surface area contributed by atoms with Crippen LogP contribution in [0.3, 0.4) is 0 Å². The molecule has 0 unspecified atom stereocenters. The van der Waals surface area contributed by atoms with Crippen LogP contribution in [0.15, 0.2) is 41.1 Å². The topological polar surface area (TPSA) is 119 Å². The second-order valence-corrected chi connectivity index (χ2v) is 7.52. The van der Waals surface area contributed by atoms with Crippen molar-refractivity contribution in [2.75, 3.05) is 33.9 Å². The minimum atomic E-state index is -1.69. The Balaban J connectivity index is 2.34. The van der Waals surface area contributed by atoms with Crippen molar-refractivity contribution in [2.24, 2.45) is 17.1 Å². The van der Waals surface area contributed by atoms with Gasteiger partial charge < -0.3 is 15.2 Å². The van der Waals surface area contributed by atoms with Crippen LogP contribution in [0, 0.1) is 45.3 Å². The summed E-state index contributed by atoms with van der Waals surface area (Å²) < 4.78 is 11.1. The van der Waals surface area contributed by atoms with Gasteiger partial charge in [-0.25, -0.2) is 0 Å². The predicted octanol–water partition coefficient (Wildman–Crippen LogP) is 2.84. The molecule has 0 aromatic heterocycles. The van der Waals surface area contributed by atoms with Crippen molar-refractivity contribution in [1.82, 2.24) is 4.90 Å². The Morgan fingerprint density at radius 3 is 2.50 bits per heavy atom. The Morgan fingerprint density at radius 1 is 1.20 bits per heavy atom. The minimum absolute atomic E-state index is 0.0105. The van der Waals surface area contributed by atoms with E-state index in [4.69, 9.17) is 15.2 Å². The molecule has 1 aromatic carbocycles. The number of nitrogens with zero attached hydrogens (tertiary/aromatic N) is 4. The molecular weight excluding hydrogens is 378 g/mol. The highest BCUT2D eigenvalue weighted by atomic mass is 16.5. The van der Waals surface area contributed by atoms with E-state index in [1.165, 1.54) is 7.11 Å². The van der Waals surface area contributed by atoms with E-state index in [-0.39, 0.29) is 17.2 Å². The van der Waals surface area contributed by atoms with Gasteiger partial charge in [0, 0.05) is 30.5 Å². The van der Waals surface area contributed by atoms with Crippen molar-refractivity contribution >= 4 is 0 Å². The van der Waals surface area contributed by atoms with Gasteiger partial charge in [-0.05, 0) is 24.6 Å². The third-order valence-electron chi connectivity index (χ3n) is 6.05. The molecule has 1 aliphatic heterocycles. The van der Waals surface area contributed by atoms with Gasteiger partial charge in [-0.15, -0.1) is 0 Å². The summed E-state index contributed by atoms with van der Waals surface area (Å²) in [5, 5.41) is 30.2. The number of fused-ring (bicyclic) bond motifs is 1. The second-order valence-electron chi connectivity index (χ2n) is 7.52. The summed E-state index contributed by atoms with van der Waals surface area (Å²) in [6, 6.07) is 11.9. The number of benzene rings is 1. The number of methoxy groups -OCH3 is 2. The highest BCUT2D eigenvalue weighted by Crippen LogP contribution is 2.56. The molecule has 0 spiro atoms. The Bertz CT molecular complexity index is 1010. The molecular formula is C23H25N5O2. The Morgan fingerprint density at radius 2 is 1.93 bits per heavy atom. The summed E-state index contributed by atoms with van der Waals surface area (Å²) in [7, 11) is 3.08. The molecule has 2 N–H and O–H groups in total. The SMILES string of the molecule is CCCN1CC=C2C(C#N)=C(N)C(C#N)(C#N)[C@H](c3cccc(OC)c3OC)[C@H]2C1. The van der Waals surface area contributed by atoms with Crippen LogP contribution in [0.2, 0.25) is 0 Å². The van der Waals surface area contributed by atoms with Crippen molar-refractivity contribution in [2.45, 2.75) is 19.3 Å². The van der Waals surface area contributed by atoms with E-state index in [0.29, 0.717) is 30.2 Å². The van der Waals surface area contributed by atoms with Gasteiger partial charge in [0.15, 0.2) is 16.9 Å². The molecule has 3 rings (SSSR count). The molecule has 0 amide bonds. The van der Waals surface area contributed by atoms with Gasteiger partial charge in [-0.2, -0.15) is 15.8 Å². The third-order valence-corrected chi connectivity index (χ3v) is 6.05. The highest BCUT2D eigenvalue weighted by Gasteiger charge is 2.55. The fourth-order valence-corrected chi connectivity index (χ4v) is 4.74. The normalized spacial score (nSPS) is 22.7. The largest absolute Gasteiger partial charge is 0.493 e.